The molecular weight excluding hydrogens is 219 g/mol. The highest BCUT2D eigenvalue weighted by molar-refractivity contribution is 5.49. The number of benzene rings is 1. The molecule has 1 atom stereocenters. The van der Waals surface area contributed by atoms with Crippen LogP contribution in [0.2, 0.25) is 0 Å². The maximum Gasteiger partial charge on any atom is 0.146 e. The van der Waals surface area contributed by atoms with Gasteiger partial charge in [0.2, 0.25) is 0 Å². The summed E-state index contributed by atoms with van der Waals surface area (Å²) in [4.78, 5) is 2.08. The van der Waals surface area contributed by atoms with Gasteiger partial charge in [0.05, 0.1) is 18.3 Å². The minimum absolute atomic E-state index is 0.164. The second kappa shape index (κ2) is 5.47. The van der Waals surface area contributed by atoms with Crippen molar-refractivity contribution in [3.8, 4) is 0 Å². The van der Waals surface area contributed by atoms with E-state index in [1.807, 2.05) is 0 Å². The molecule has 0 saturated carbocycles. The standard InChI is InChI=1S/C13H19FN2O/c14-11-8-10(12(15)9-17)4-5-13(11)16-6-2-1-3-7-16/h4-5,8,12,17H,1-3,6-7,9,15H2. The lowest BCUT2D eigenvalue weighted by atomic mass is 10.1. The Morgan fingerprint density at radius 2 is 2.00 bits per heavy atom. The maximum atomic E-state index is 14.0. The van der Waals surface area contributed by atoms with Crippen LogP contribution >= 0.6 is 0 Å². The van der Waals surface area contributed by atoms with E-state index < -0.39 is 6.04 Å². The molecule has 4 heteroatoms. The molecule has 0 aliphatic carbocycles. The predicted molar refractivity (Wildman–Crippen MR) is 66.5 cm³/mol. The summed E-state index contributed by atoms with van der Waals surface area (Å²) >= 11 is 0. The maximum absolute atomic E-state index is 14.0. The molecule has 2 rings (SSSR count). The van der Waals surface area contributed by atoms with Gasteiger partial charge < -0.3 is 15.7 Å². The summed E-state index contributed by atoms with van der Waals surface area (Å²) < 4.78 is 14.0. The van der Waals surface area contributed by atoms with Gasteiger partial charge in [-0.1, -0.05) is 6.07 Å². The van der Waals surface area contributed by atoms with E-state index in [-0.39, 0.29) is 12.4 Å². The molecule has 1 unspecified atom stereocenters. The molecule has 3 nitrogen and oxygen atoms in total. The number of aliphatic hydroxyl groups excluding tert-OH is 1. The zero-order valence-electron chi connectivity index (χ0n) is 9.90. The Morgan fingerprint density at radius 1 is 1.29 bits per heavy atom. The van der Waals surface area contributed by atoms with E-state index in [9.17, 15) is 4.39 Å². The highest BCUT2D eigenvalue weighted by Gasteiger charge is 2.16. The van der Waals surface area contributed by atoms with Crippen LogP contribution in [-0.2, 0) is 0 Å². The molecule has 0 amide bonds. The molecule has 3 N–H and O–H groups in total. The Balaban J connectivity index is 2.18. The molecule has 17 heavy (non-hydrogen) atoms. The molecular formula is C13H19FN2O. The second-order valence-corrected chi connectivity index (χ2v) is 4.55. The number of hydrogen-bond donors (Lipinski definition) is 2. The van der Waals surface area contributed by atoms with E-state index in [2.05, 4.69) is 4.90 Å². The molecule has 0 spiro atoms. The number of aliphatic hydroxyl groups is 1. The monoisotopic (exact) mass is 238 g/mol. The topological polar surface area (TPSA) is 49.5 Å². The number of halogens is 1. The lowest BCUT2D eigenvalue weighted by molar-refractivity contribution is 0.268. The molecule has 1 aliphatic heterocycles. The Morgan fingerprint density at radius 3 is 2.59 bits per heavy atom. The van der Waals surface area contributed by atoms with E-state index in [1.54, 1.807) is 12.1 Å². The van der Waals surface area contributed by atoms with Crippen molar-refractivity contribution >= 4 is 5.69 Å². The quantitative estimate of drug-likeness (QED) is 0.844. The van der Waals surface area contributed by atoms with Crippen LogP contribution in [0.1, 0.15) is 30.9 Å². The summed E-state index contributed by atoms with van der Waals surface area (Å²) in [5, 5.41) is 8.94. The number of nitrogens with two attached hydrogens (primary N) is 1. The summed E-state index contributed by atoms with van der Waals surface area (Å²) in [6, 6.07) is 4.50. The Kier molecular flexibility index (Phi) is 3.97. The Hall–Kier alpha value is -1.13. The Bertz CT molecular complexity index is 378. The van der Waals surface area contributed by atoms with Crippen molar-refractivity contribution in [1.82, 2.24) is 0 Å². The fourth-order valence-corrected chi connectivity index (χ4v) is 2.25. The lowest BCUT2D eigenvalue weighted by Gasteiger charge is -2.29. The number of rotatable bonds is 3. The van der Waals surface area contributed by atoms with Gasteiger partial charge in [0.25, 0.3) is 0 Å². The van der Waals surface area contributed by atoms with Gasteiger partial charge in [-0.25, -0.2) is 4.39 Å². The molecule has 1 saturated heterocycles. The molecule has 1 aliphatic rings. The average molecular weight is 238 g/mol. The third-order valence-corrected chi connectivity index (χ3v) is 3.29. The molecule has 1 aromatic carbocycles. The Labute approximate surface area is 101 Å². The van der Waals surface area contributed by atoms with Crippen molar-refractivity contribution < 1.29 is 9.50 Å². The van der Waals surface area contributed by atoms with E-state index in [4.69, 9.17) is 10.8 Å². The van der Waals surface area contributed by atoms with E-state index >= 15 is 0 Å². The molecule has 1 heterocycles. The summed E-state index contributed by atoms with van der Waals surface area (Å²) in [6.07, 6.45) is 3.47. The van der Waals surface area contributed by atoms with Crippen molar-refractivity contribution in [1.29, 1.82) is 0 Å². The highest BCUT2D eigenvalue weighted by Crippen LogP contribution is 2.25. The zero-order chi connectivity index (χ0) is 12.3. The van der Waals surface area contributed by atoms with Crippen LogP contribution in [0.5, 0.6) is 0 Å². The zero-order valence-corrected chi connectivity index (χ0v) is 9.90. The normalized spacial score (nSPS) is 18.2. The lowest BCUT2D eigenvalue weighted by Crippen LogP contribution is -2.30. The van der Waals surface area contributed by atoms with Crippen molar-refractivity contribution in [3.63, 3.8) is 0 Å². The van der Waals surface area contributed by atoms with E-state index in [1.165, 1.54) is 12.5 Å². The van der Waals surface area contributed by atoms with Crippen molar-refractivity contribution in [2.75, 3.05) is 24.6 Å². The first-order chi connectivity index (χ1) is 8.22. The van der Waals surface area contributed by atoms with Crippen molar-refractivity contribution in [2.24, 2.45) is 5.73 Å². The van der Waals surface area contributed by atoms with Gasteiger partial charge in [-0.3, -0.25) is 0 Å². The first kappa shape index (κ1) is 12.3. The molecule has 0 aromatic heterocycles. The van der Waals surface area contributed by atoms with Crippen LogP contribution in [0.15, 0.2) is 18.2 Å². The number of piperidine rings is 1. The van der Waals surface area contributed by atoms with Gasteiger partial charge in [0.1, 0.15) is 5.82 Å². The molecule has 94 valence electrons. The summed E-state index contributed by atoms with van der Waals surface area (Å²) in [7, 11) is 0. The molecule has 0 radical (unpaired) electrons. The fraction of sp³-hybridized carbons (Fsp3) is 0.538. The number of anilines is 1. The van der Waals surface area contributed by atoms with Gasteiger partial charge in [0, 0.05) is 13.1 Å². The summed E-state index contributed by atoms with van der Waals surface area (Å²) in [6.45, 7) is 1.67. The van der Waals surface area contributed by atoms with Crippen molar-refractivity contribution in [3.05, 3.63) is 29.6 Å². The van der Waals surface area contributed by atoms with Crippen LogP contribution in [0.4, 0.5) is 10.1 Å². The SMILES string of the molecule is NC(CO)c1ccc(N2CCCCC2)c(F)c1. The number of hydrogen-bond acceptors (Lipinski definition) is 3. The van der Waals surface area contributed by atoms with Gasteiger partial charge >= 0.3 is 0 Å². The second-order valence-electron chi connectivity index (χ2n) is 4.55. The van der Waals surface area contributed by atoms with E-state index in [0.29, 0.717) is 11.3 Å². The largest absolute Gasteiger partial charge is 0.394 e. The first-order valence-corrected chi connectivity index (χ1v) is 6.13. The van der Waals surface area contributed by atoms with Crippen LogP contribution in [0.25, 0.3) is 0 Å². The molecule has 1 aromatic rings. The predicted octanol–water partition coefficient (Wildman–Crippen LogP) is 1.81. The summed E-state index contributed by atoms with van der Waals surface area (Å²) in [5.74, 6) is -0.242. The van der Waals surface area contributed by atoms with Crippen LogP contribution in [0.3, 0.4) is 0 Å². The van der Waals surface area contributed by atoms with Gasteiger partial charge in [0.15, 0.2) is 0 Å². The van der Waals surface area contributed by atoms with Crippen molar-refractivity contribution in [2.45, 2.75) is 25.3 Å². The van der Waals surface area contributed by atoms with Gasteiger partial charge in [-0.15, -0.1) is 0 Å². The third kappa shape index (κ3) is 2.76. The summed E-state index contributed by atoms with van der Waals surface area (Å²) in [5.41, 5.74) is 6.96. The minimum Gasteiger partial charge on any atom is -0.394 e. The third-order valence-electron chi connectivity index (χ3n) is 3.29. The van der Waals surface area contributed by atoms with E-state index in [0.717, 1.165) is 25.9 Å². The van der Waals surface area contributed by atoms with Crippen LogP contribution < -0.4 is 10.6 Å². The van der Waals surface area contributed by atoms with Gasteiger partial charge in [-0.05, 0) is 37.0 Å². The molecule has 1 fully saturated rings. The highest BCUT2D eigenvalue weighted by atomic mass is 19.1. The smallest absolute Gasteiger partial charge is 0.146 e. The van der Waals surface area contributed by atoms with Gasteiger partial charge in [-0.2, -0.15) is 0 Å². The number of nitrogens with zero attached hydrogens (tertiary/aromatic N) is 1. The van der Waals surface area contributed by atoms with Crippen LogP contribution in [0, 0.1) is 5.82 Å². The average Bonchev–Trinajstić information content (AvgIpc) is 2.38. The van der Waals surface area contributed by atoms with Crippen LogP contribution in [-0.4, -0.2) is 24.8 Å². The minimum atomic E-state index is -0.500. The fourth-order valence-electron chi connectivity index (χ4n) is 2.25. The first-order valence-electron chi connectivity index (χ1n) is 6.13. The molecule has 0 bridgehead atoms.